The molecule has 0 radical (unpaired) electrons. The second-order valence-corrected chi connectivity index (χ2v) is 6.17. The Morgan fingerprint density at radius 2 is 2.10 bits per heavy atom. The van der Waals surface area contributed by atoms with Gasteiger partial charge in [0.05, 0.1) is 17.3 Å². The van der Waals surface area contributed by atoms with Crippen molar-refractivity contribution in [3.05, 3.63) is 50.6 Å². The van der Waals surface area contributed by atoms with Crippen LogP contribution >= 0.6 is 27.3 Å². The number of urea groups is 1. The summed E-state index contributed by atoms with van der Waals surface area (Å²) in [6, 6.07) is 7.80. The van der Waals surface area contributed by atoms with E-state index in [4.69, 9.17) is 5.11 Å². The molecule has 0 saturated heterocycles. The number of carboxylic acid groups (broad SMARTS) is 1. The number of thiophene rings is 1. The number of nitrogens with one attached hydrogen (secondary N) is 2. The zero-order valence-corrected chi connectivity index (χ0v) is 13.5. The third kappa shape index (κ3) is 4.05. The van der Waals surface area contributed by atoms with Gasteiger partial charge in [0.25, 0.3) is 0 Å². The maximum atomic E-state index is 12.0. The molecule has 0 saturated carbocycles. The summed E-state index contributed by atoms with van der Waals surface area (Å²) in [5.74, 6) is -1.04. The second-order valence-electron chi connectivity index (χ2n) is 4.34. The van der Waals surface area contributed by atoms with Crippen molar-refractivity contribution in [2.45, 2.75) is 13.0 Å². The van der Waals surface area contributed by atoms with Crippen LogP contribution in [0.2, 0.25) is 0 Å². The summed E-state index contributed by atoms with van der Waals surface area (Å²) in [5.41, 5.74) is 0.519. The first kappa shape index (κ1) is 15.5. The highest BCUT2D eigenvalue weighted by atomic mass is 79.9. The lowest BCUT2D eigenvalue weighted by Gasteiger charge is -2.14. The van der Waals surface area contributed by atoms with Crippen LogP contribution < -0.4 is 10.6 Å². The minimum absolute atomic E-state index is 0.111. The number of benzene rings is 1. The highest BCUT2D eigenvalue weighted by Crippen LogP contribution is 2.24. The van der Waals surface area contributed by atoms with Crippen LogP contribution in [0.1, 0.15) is 28.2 Å². The quantitative estimate of drug-likeness (QED) is 0.760. The summed E-state index contributed by atoms with van der Waals surface area (Å²) in [5, 5.41) is 16.3. The van der Waals surface area contributed by atoms with Gasteiger partial charge >= 0.3 is 12.0 Å². The molecule has 0 fully saturated rings. The topological polar surface area (TPSA) is 78.4 Å². The summed E-state index contributed by atoms with van der Waals surface area (Å²) in [4.78, 5) is 24.0. The Bertz CT molecular complexity index is 658. The van der Waals surface area contributed by atoms with Gasteiger partial charge in [0.2, 0.25) is 0 Å². The van der Waals surface area contributed by atoms with Crippen LogP contribution in [0.4, 0.5) is 10.5 Å². The summed E-state index contributed by atoms with van der Waals surface area (Å²) >= 11 is 4.84. The minimum atomic E-state index is -1.04. The number of carbonyl (C=O) groups is 2. The van der Waals surface area contributed by atoms with Gasteiger partial charge in [0.1, 0.15) is 0 Å². The number of anilines is 1. The second kappa shape index (κ2) is 6.73. The van der Waals surface area contributed by atoms with Crippen molar-refractivity contribution in [2.24, 2.45) is 0 Å². The van der Waals surface area contributed by atoms with Crippen molar-refractivity contribution in [1.29, 1.82) is 0 Å². The van der Waals surface area contributed by atoms with Crippen LogP contribution in [0.15, 0.2) is 40.2 Å². The monoisotopic (exact) mass is 368 g/mol. The van der Waals surface area contributed by atoms with Gasteiger partial charge in [0.15, 0.2) is 0 Å². The molecule has 0 aliphatic rings. The first-order valence-corrected chi connectivity index (χ1v) is 7.78. The minimum Gasteiger partial charge on any atom is -0.478 e. The van der Waals surface area contributed by atoms with Crippen molar-refractivity contribution >= 4 is 45.0 Å². The molecule has 2 amide bonds. The smallest absolute Gasteiger partial charge is 0.335 e. The van der Waals surface area contributed by atoms with E-state index in [1.807, 2.05) is 24.4 Å². The lowest BCUT2D eigenvalue weighted by Crippen LogP contribution is -2.30. The molecule has 0 bridgehead atoms. The molecular formula is C14H13BrN2O3S. The van der Waals surface area contributed by atoms with E-state index >= 15 is 0 Å². The molecule has 1 aromatic carbocycles. The van der Waals surface area contributed by atoms with E-state index in [0.717, 1.165) is 4.88 Å². The Labute approximate surface area is 134 Å². The molecule has 21 heavy (non-hydrogen) atoms. The zero-order valence-electron chi connectivity index (χ0n) is 11.1. The molecule has 2 aromatic rings. The normalized spacial score (nSPS) is 11.7. The molecule has 7 heteroatoms. The molecule has 1 unspecified atom stereocenters. The van der Waals surface area contributed by atoms with Crippen molar-refractivity contribution in [1.82, 2.24) is 5.32 Å². The molecule has 1 aromatic heterocycles. The molecule has 5 nitrogen and oxygen atoms in total. The van der Waals surface area contributed by atoms with Crippen LogP contribution in [-0.2, 0) is 0 Å². The van der Waals surface area contributed by atoms with Crippen LogP contribution in [0.5, 0.6) is 0 Å². The number of carbonyl (C=O) groups excluding carboxylic acids is 1. The largest absolute Gasteiger partial charge is 0.478 e. The fraction of sp³-hybridized carbons (Fsp3) is 0.143. The third-order valence-corrected chi connectivity index (χ3v) is 4.53. The summed E-state index contributed by atoms with van der Waals surface area (Å²) < 4.78 is 0.617. The van der Waals surface area contributed by atoms with E-state index in [2.05, 4.69) is 26.6 Å². The van der Waals surface area contributed by atoms with E-state index < -0.39 is 5.97 Å². The van der Waals surface area contributed by atoms with Gasteiger partial charge in [-0.3, -0.25) is 0 Å². The van der Waals surface area contributed by atoms with Gasteiger partial charge in [-0.2, -0.15) is 0 Å². The van der Waals surface area contributed by atoms with Crippen molar-refractivity contribution in [3.63, 3.8) is 0 Å². The van der Waals surface area contributed by atoms with Gasteiger partial charge in [-0.1, -0.05) is 6.07 Å². The Morgan fingerprint density at radius 1 is 1.33 bits per heavy atom. The van der Waals surface area contributed by atoms with Gasteiger partial charge in [-0.25, -0.2) is 9.59 Å². The Hall–Kier alpha value is -1.86. The average Bonchev–Trinajstić information content (AvgIpc) is 2.95. The first-order chi connectivity index (χ1) is 9.97. The Balaban J connectivity index is 2.05. The molecular weight excluding hydrogens is 356 g/mol. The fourth-order valence-electron chi connectivity index (χ4n) is 1.72. The first-order valence-electron chi connectivity index (χ1n) is 6.11. The van der Waals surface area contributed by atoms with Gasteiger partial charge in [-0.05, 0) is 52.5 Å². The molecule has 0 aliphatic heterocycles. The highest BCUT2D eigenvalue weighted by Gasteiger charge is 2.13. The Morgan fingerprint density at radius 3 is 2.71 bits per heavy atom. The summed E-state index contributed by atoms with van der Waals surface area (Å²) in [6.07, 6.45) is 0. The predicted molar refractivity (Wildman–Crippen MR) is 86.0 cm³/mol. The summed E-state index contributed by atoms with van der Waals surface area (Å²) in [7, 11) is 0. The molecule has 1 heterocycles. The van der Waals surface area contributed by atoms with Crippen LogP contribution in [-0.4, -0.2) is 17.1 Å². The van der Waals surface area contributed by atoms with E-state index in [1.54, 1.807) is 17.4 Å². The lowest BCUT2D eigenvalue weighted by molar-refractivity contribution is 0.0697. The standard InChI is InChI=1S/C14H13BrN2O3S/c1-8(12-3-2-6-21-12)16-14(20)17-11-7-9(13(18)19)4-5-10(11)15/h2-8H,1H3,(H,18,19)(H2,16,17,20). The average molecular weight is 369 g/mol. The van der Waals surface area contributed by atoms with Gasteiger partial charge in [-0.15, -0.1) is 11.3 Å². The van der Waals surface area contributed by atoms with Crippen LogP contribution in [0, 0.1) is 0 Å². The van der Waals surface area contributed by atoms with Crippen molar-refractivity contribution in [2.75, 3.05) is 5.32 Å². The number of rotatable bonds is 4. The molecule has 1 atom stereocenters. The number of hydrogen-bond donors (Lipinski definition) is 3. The number of hydrogen-bond acceptors (Lipinski definition) is 3. The third-order valence-electron chi connectivity index (χ3n) is 2.78. The van der Waals surface area contributed by atoms with Crippen molar-refractivity contribution < 1.29 is 14.7 Å². The maximum absolute atomic E-state index is 12.0. The van der Waals surface area contributed by atoms with Crippen molar-refractivity contribution in [3.8, 4) is 0 Å². The molecule has 3 N–H and O–H groups in total. The molecule has 0 spiro atoms. The van der Waals surface area contributed by atoms with E-state index in [-0.39, 0.29) is 17.6 Å². The number of amides is 2. The van der Waals surface area contributed by atoms with E-state index in [9.17, 15) is 9.59 Å². The number of halogens is 1. The van der Waals surface area contributed by atoms with E-state index in [0.29, 0.717) is 10.2 Å². The Kier molecular flexibility index (Phi) is 4.98. The predicted octanol–water partition coefficient (Wildman–Crippen LogP) is 4.09. The SMILES string of the molecule is CC(NC(=O)Nc1cc(C(=O)O)ccc1Br)c1cccs1. The van der Waals surface area contributed by atoms with Gasteiger partial charge in [0, 0.05) is 9.35 Å². The molecule has 0 aliphatic carbocycles. The molecule has 2 rings (SSSR count). The van der Waals surface area contributed by atoms with E-state index in [1.165, 1.54) is 12.1 Å². The molecule has 110 valence electrons. The number of carboxylic acids is 1. The van der Waals surface area contributed by atoms with Crippen LogP contribution in [0.25, 0.3) is 0 Å². The van der Waals surface area contributed by atoms with Gasteiger partial charge < -0.3 is 15.7 Å². The maximum Gasteiger partial charge on any atom is 0.335 e. The lowest BCUT2D eigenvalue weighted by atomic mass is 10.2. The highest BCUT2D eigenvalue weighted by molar-refractivity contribution is 9.10. The number of aromatic carboxylic acids is 1. The zero-order chi connectivity index (χ0) is 15.4. The summed E-state index contributed by atoms with van der Waals surface area (Å²) in [6.45, 7) is 1.88. The fourth-order valence-corrected chi connectivity index (χ4v) is 2.80. The van der Waals surface area contributed by atoms with Crippen LogP contribution in [0.3, 0.4) is 0 Å².